The van der Waals surface area contributed by atoms with E-state index in [2.05, 4.69) is 11.8 Å². The Kier molecular flexibility index (Phi) is 22.3. The molecule has 0 radical (unpaired) electrons. The molecule has 1 fully saturated rings. The van der Waals surface area contributed by atoms with Crippen molar-refractivity contribution in [3.05, 3.63) is 0 Å². The van der Waals surface area contributed by atoms with E-state index in [0.717, 1.165) is 0 Å². The van der Waals surface area contributed by atoms with Gasteiger partial charge in [-0.15, -0.1) is 0 Å². The second-order valence-corrected chi connectivity index (χ2v) is 10.7. The summed E-state index contributed by atoms with van der Waals surface area (Å²) in [4.78, 5) is 0. The Morgan fingerprint density at radius 2 is 0.321 bits per heavy atom. The van der Waals surface area contributed by atoms with E-state index >= 15 is 0 Å². The van der Waals surface area contributed by atoms with Crippen molar-refractivity contribution in [3.63, 3.8) is 0 Å². The lowest BCUT2D eigenvalue weighted by Gasteiger charge is -2.05. The van der Waals surface area contributed by atoms with Crippen LogP contribution in [-0.2, 0) is 0 Å². The zero-order valence-corrected chi connectivity index (χ0v) is 20.3. The lowest BCUT2D eigenvalue weighted by Crippen LogP contribution is -1.87. The summed E-state index contributed by atoms with van der Waals surface area (Å²) in [5.74, 6) is 2.83. The van der Waals surface area contributed by atoms with Crippen LogP contribution in [0.15, 0.2) is 0 Å². The molecule has 168 valence electrons. The normalized spacial score (nSPS) is 24.0. The average Bonchev–Trinajstić information content (AvgIpc) is 2.71. The van der Waals surface area contributed by atoms with Gasteiger partial charge in [-0.1, -0.05) is 148 Å². The van der Waals surface area contributed by atoms with E-state index in [0.29, 0.717) is 0 Å². The van der Waals surface area contributed by atoms with Crippen LogP contribution in [0.25, 0.3) is 0 Å². The monoisotopic (exact) mass is 410 g/mol. The van der Waals surface area contributed by atoms with E-state index in [1.807, 2.05) is 0 Å². The summed E-state index contributed by atoms with van der Waals surface area (Å²) >= 11 is 2.22. The maximum atomic E-state index is 2.22. The van der Waals surface area contributed by atoms with Crippen LogP contribution < -0.4 is 0 Å². The number of rotatable bonds is 0. The summed E-state index contributed by atoms with van der Waals surface area (Å²) in [5.41, 5.74) is 0. The SMILES string of the molecule is C1CCCCCCCCCCCCCSCCCCCCCCCCCCC1. The molecule has 0 aliphatic carbocycles. The van der Waals surface area contributed by atoms with Gasteiger partial charge in [-0.05, 0) is 24.3 Å². The lowest BCUT2D eigenvalue weighted by atomic mass is 10.0. The topological polar surface area (TPSA) is 0 Å². The molecule has 0 aromatic rings. The van der Waals surface area contributed by atoms with Crippen molar-refractivity contribution in [2.45, 2.75) is 161 Å². The van der Waals surface area contributed by atoms with E-state index in [4.69, 9.17) is 0 Å². The minimum absolute atomic E-state index is 1.42. The van der Waals surface area contributed by atoms with Crippen LogP contribution in [0.5, 0.6) is 0 Å². The molecule has 0 aromatic carbocycles. The fourth-order valence-electron chi connectivity index (χ4n) is 4.58. The van der Waals surface area contributed by atoms with E-state index < -0.39 is 0 Å². The molecule has 0 atom stereocenters. The third kappa shape index (κ3) is 21.1. The van der Waals surface area contributed by atoms with Crippen molar-refractivity contribution >= 4 is 11.8 Å². The highest BCUT2D eigenvalue weighted by Crippen LogP contribution is 2.17. The molecule has 0 unspecified atom stereocenters. The summed E-state index contributed by atoms with van der Waals surface area (Å²) in [6, 6.07) is 0. The molecule has 0 bridgehead atoms. The van der Waals surface area contributed by atoms with Gasteiger partial charge in [-0.3, -0.25) is 0 Å². The highest BCUT2D eigenvalue weighted by atomic mass is 32.2. The van der Waals surface area contributed by atoms with Crippen molar-refractivity contribution in [3.8, 4) is 0 Å². The Bertz CT molecular complexity index is 141. The van der Waals surface area contributed by atoms with Crippen molar-refractivity contribution in [1.82, 2.24) is 0 Å². The Labute approximate surface area is 183 Å². The third-order valence-electron chi connectivity index (χ3n) is 6.58. The Morgan fingerprint density at radius 1 is 0.179 bits per heavy atom. The summed E-state index contributed by atoms with van der Waals surface area (Å²) in [5, 5.41) is 0. The molecule has 1 heterocycles. The predicted molar refractivity (Wildman–Crippen MR) is 133 cm³/mol. The average molecular weight is 411 g/mol. The van der Waals surface area contributed by atoms with Gasteiger partial charge >= 0.3 is 0 Å². The van der Waals surface area contributed by atoms with Gasteiger partial charge in [-0.25, -0.2) is 0 Å². The van der Waals surface area contributed by atoms with E-state index in [9.17, 15) is 0 Å². The number of hydrogen-bond acceptors (Lipinski definition) is 1. The molecule has 0 saturated carbocycles. The van der Waals surface area contributed by atoms with Crippen LogP contribution in [0.2, 0.25) is 0 Å². The number of hydrogen-bond donors (Lipinski definition) is 0. The Hall–Kier alpha value is 0.350. The first-order chi connectivity index (χ1) is 14.0. The maximum absolute atomic E-state index is 2.22. The van der Waals surface area contributed by atoms with Crippen LogP contribution in [0.1, 0.15) is 161 Å². The summed E-state index contributed by atoms with van der Waals surface area (Å²) in [6.07, 6.45) is 37.3. The van der Waals surface area contributed by atoms with Crippen LogP contribution in [0.4, 0.5) is 0 Å². The zero-order chi connectivity index (χ0) is 19.8. The molecule has 0 N–H and O–H groups in total. The first-order valence-corrected chi connectivity index (χ1v) is 14.7. The summed E-state index contributed by atoms with van der Waals surface area (Å²) in [7, 11) is 0. The van der Waals surface area contributed by atoms with E-state index in [1.165, 1.54) is 172 Å². The van der Waals surface area contributed by atoms with E-state index in [1.54, 1.807) is 0 Å². The summed E-state index contributed by atoms with van der Waals surface area (Å²) < 4.78 is 0. The molecule has 1 aliphatic rings. The van der Waals surface area contributed by atoms with Crippen molar-refractivity contribution in [2.24, 2.45) is 0 Å². The molecule has 1 saturated heterocycles. The molecule has 0 aromatic heterocycles. The molecule has 1 heteroatoms. The molecule has 1 rings (SSSR count). The quantitative estimate of drug-likeness (QED) is 0.382. The second-order valence-electron chi connectivity index (χ2n) is 9.45. The van der Waals surface area contributed by atoms with Gasteiger partial charge in [0.1, 0.15) is 0 Å². The fraction of sp³-hybridized carbons (Fsp3) is 1.00. The van der Waals surface area contributed by atoms with Gasteiger partial charge in [0, 0.05) is 0 Å². The van der Waals surface area contributed by atoms with Crippen LogP contribution in [-0.4, -0.2) is 11.5 Å². The summed E-state index contributed by atoms with van der Waals surface area (Å²) in [6.45, 7) is 0. The highest BCUT2D eigenvalue weighted by molar-refractivity contribution is 7.99. The van der Waals surface area contributed by atoms with Gasteiger partial charge in [-0.2, -0.15) is 11.8 Å². The fourth-order valence-corrected chi connectivity index (χ4v) is 5.60. The van der Waals surface area contributed by atoms with Crippen molar-refractivity contribution in [1.29, 1.82) is 0 Å². The zero-order valence-electron chi connectivity index (χ0n) is 19.5. The van der Waals surface area contributed by atoms with Crippen LogP contribution in [0.3, 0.4) is 0 Å². The lowest BCUT2D eigenvalue weighted by molar-refractivity contribution is 0.517. The second kappa shape index (κ2) is 23.6. The maximum Gasteiger partial charge on any atom is -0.00675 e. The molecule has 1 aliphatic heterocycles. The van der Waals surface area contributed by atoms with Gasteiger partial charge in [0.15, 0.2) is 0 Å². The number of thioether (sulfide) groups is 1. The predicted octanol–water partition coefficient (Wildman–Crippen LogP) is 10.5. The van der Waals surface area contributed by atoms with Crippen LogP contribution >= 0.6 is 11.8 Å². The highest BCUT2D eigenvalue weighted by Gasteiger charge is 1.97. The van der Waals surface area contributed by atoms with Gasteiger partial charge in [0.25, 0.3) is 0 Å². The molecule has 0 spiro atoms. The molecule has 0 nitrogen and oxygen atoms in total. The third-order valence-corrected chi connectivity index (χ3v) is 7.73. The van der Waals surface area contributed by atoms with E-state index in [-0.39, 0.29) is 0 Å². The minimum atomic E-state index is 1.42. The van der Waals surface area contributed by atoms with Gasteiger partial charge < -0.3 is 0 Å². The molecule has 0 amide bonds. The molecular weight excluding hydrogens is 356 g/mol. The smallest absolute Gasteiger partial charge is 0.00675 e. The van der Waals surface area contributed by atoms with Crippen molar-refractivity contribution in [2.75, 3.05) is 11.5 Å². The first kappa shape index (κ1) is 26.4. The Balaban J connectivity index is 2.00. The largest absolute Gasteiger partial charge is 0.162 e. The standard InChI is InChI=1S/C27H54S/c1-2-4-6-8-10-12-14-16-18-20-22-24-26-28-27-25-23-21-19-17-15-13-11-9-7-5-3-1/h1-27H2. The minimum Gasteiger partial charge on any atom is -0.162 e. The Morgan fingerprint density at radius 3 is 0.500 bits per heavy atom. The van der Waals surface area contributed by atoms with Crippen LogP contribution in [0, 0.1) is 0 Å². The van der Waals surface area contributed by atoms with Gasteiger partial charge in [0.2, 0.25) is 0 Å². The molecular formula is C27H54S. The van der Waals surface area contributed by atoms with Gasteiger partial charge in [0.05, 0.1) is 0 Å². The van der Waals surface area contributed by atoms with Crippen molar-refractivity contribution < 1.29 is 0 Å². The molecule has 28 heavy (non-hydrogen) atoms. The first-order valence-electron chi connectivity index (χ1n) is 13.6.